The Morgan fingerprint density at radius 1 is 1.22 bits per heavy atom. The molecule has 0 atom stereocenters. The highest BCUT2D eigenvalue weighted by Gasteiger charge is 2.03. The minimum absolute atomic E-state index is 0.142. The van der Waals surface area contributed by atoms with E-state index in [0.717, 1.165) is 15.7 Å². The first kappa shape index (κ1) is 16.9. The van der Waals surface area contributed by atoms with Crippen LogP contribution in [0.25, 0.3) is 6.08 Å². The number of rotatable bonds is 4. The second-order valence-electron chi connectivity index (χ2n) is 4.86. The molecule has 6 heteroatoms. The molecule has 2 N–H and O–H groups in total. The van der Waals surface area contributed by atoms with E-state index < -0.39 is 0 Å². The Morgan fingerprint density at radius 2 is 1.91 bits per heavy atom. The van der Waals surface area contributed by atoms with Crippen LogP contribution in [-0.4, -0.2) is 23.8 Å². The molecule has 23 heavy (non-hydrogen) atoms. The number of hydrogen-bond acceptors (Lipinski definition) is 3. The van der Waals surface area contributed by atoms with Crippen molar-refractivity contribution in [1.82, 2.24) is 10.3 Å². The summed E-state index contributed by atoms with van der Waals surface area (Å²) in [7, 11) is 1.58. The third kappa shape index (κ3) is 4.75. The molecular weight excluding hydrogens is 358 g/mol. The predicted molar refractivity (Wildman–Crippen MR) is 94.2 cm³/mol. The van der Waals surface area contributed by atoms with Gasteiger partial charge in [-0.3, -0.25) is 9.59 Å². The number of nitrogens with zero attached hydrogens (tertiary/aromatic N) is 1. The van der Waals surface area contributed by atoms with Crippen molar-refractivity contribution < 1.29 is 9.59 Å². The van der Waals surface area contributed by atoms with Gasteiger partial charge < -0.3 is 10.6 Å². The first-order chi connectivity index (χ1) is 11.0. The molecule has 1 aromatic heterocycles. The van der Waals surface area contributed by atoms with Gasteiger partial charge in [-0.2, -0.15) is 0 Å². The average molecular weight is 374 g/mol. The summed E-state index contributed by atoms with van der Waals surface area (Å²) in [6.45, 7) is 1.90. The second-order valence-corrected chi connectivity index (χ2v) is 5.61. The molecule has 118 valence electrons. The summed E-state index contributed by atoms with van der Waals surface area (Å²) in [5.41, 5.74) is 2.98. The molecule has 0 saturated carbocycles. The second kappa shape index (κ2) is 7.69. The quantitative estimate of drug-likeness (QED) is 0.638. The van der Waals surface area contributed by atoms with Crippen LogP contribution in [0.15, 0.2) is 47.2 Å². The number of anilines is 1. The summed E-state index contributed by atoms with van der Waals surface area (Å²) in [5, 5.41) is 5.30. The number of hydrogen-bond donors (Lipinski definition) is 2. The Morgan fingerprint density at radius 3 is 2.52 bits per heavy atom. The largest absolute Gasteiger partial charge is 0.355 e. The fraction of sp³-hybridized carbons (Fsp3) is 0.118. The molecule has 0 bridgehead atoms. The zero-order valence-electron chi connectivity index (χ0n) is 12.8. The number of carbonyl (C=O) groups excluding carboxylic acids is 2. The van der Waals surface area contributed by atoms with E-state index >= 15 is 0 Å². The van der Waals surface area contributed by atoms with Crippen LogP contribution < -0.4 is 10.6 Å². The number of benzene rings is 1. The Hall–Kier alpha value is -2.47. The van der Waals surface area contributed by atoms with Crippen molar-refractivity contribution >= 4 is 39.5 Å². The predicted octanol–water partition coefficient (Wildman–Crippen LogP) is 3.16. The Balaban J connectivity index is 2.00. The van der Waals surface area contributed by atoms with Crippen molar-refractivity contribution in [1.29, 1.82) is 0 Å². The van der Waals surface area contributed by atoms with Crippen molar-refractivity contribution in [3.8, 4) is 0 Å². The number of nitrogens with one attached hydrogen (secondary N) is 2. The fourth-order valence-electron chi connectivity index (χ4n) is 1.87. The van der Waals surface area contributed by atoms with Crippen molar-refractivity contribution in [3.05, 3.63) is 63.9 Å². The van der Waals surface area contributed by atoms with Gasteiger partial charge in [0, 0.05) is 18.7 Å². The lowest BCUT2D eigenvalue weighted by Gasteiger charge is -2.04. The summed E-state index contributed by atoms with van der Waals surface area (Å²) < 4.78 is 0.752. The molecule has 0 radical (unpaired) electrons. The number of halogens is 1. The summed E-state index contributed by atoms with van der Waals surface area (Å²) in [6.07, 6.45) is 4.70. The summed E-state index contributed by atoms with van der Waals surface area (Å²) in [4.78, 5) is 27.5. The monoisotopic (exact) mass is 373 g/mol. The van der Waals surface area contributed by atoms with E-state index in [9.17, 15) is 9.59 Å². The molecule has 1 aromatic carbocycles. The van der Waals surface area contributed by atoms with Crippen LogP contribution in [-0.2, 0) is 4.79 Å². The third-order valence-electron chi connectivity index (χ3n) is 3.11. The van der Waals surface area contributed by atoms with Crippen LogP contribution in [0.1, 0.15) is 21.5 Å². The maximum absolute atomic E-state index is 11.9. The first-order valence-electron chi connectivity index (χ1n) is 6.93. The molecule has 2 amide bonds. The van der Waals surface area contributed by atoms with Gasteiger partial charge in [0.2, 0.25) is 5.91 Å². The van der Waals surface area contributed by atoms with Crippen molar-refractivity contribution in [2.75, 3.05) is 12.4 Å². The highest BCUT2D eigenvalue weighted by Crippen LogP contribution is 2.16. The topological polar surface area (TPSA) is 71.1 Å². The smallest absolute Gasteiger partial charge is 0.251 e. The van der Waals surface area contributed by atoms with E-state index in [0.29, 0.717) is 11.3 Å². The molecule has 1 heterocycles. The lowest BCUT2D eigenvalue weighted by Crippen LogP contribution is -2.17. The molecule has 2 aromatic rings. The van der Waals surface area contributed by atoms with Crippen LogP contribution in [0.4, 0.5) is 5.69 Å². The van der Waals surface area contributed by atoms with Gasteiger partial charge in [-0.1, -0.05) is 12.1 Å². The van der Waals surface area contributed by atoms with E-state index in [1.165, 1.54) is 6.08 Å². The normalized spacial score (nSPS) is 10.6. The van der Waals surface area contributed by atoms with E-state index in [-0.39, 0.29) is 11.8 Å². The summed E-state index contributed by atoms with van der Waals surface area (Å²) in [6, 6.07) is 8.80. The molecule has 0 aliphatic carbocycles. The molecule has 0 aliphatic heterocycles. The maximum atomic E-state index is 11.9. The molecule has 0 spiro atoms. The van der Waals surface area contributed by atoms with Crippen molar-refractivity contribution in [2.24, 2.45) is 0 Å². The summed E-state index contributed by atoms with van der Waals surface area (Å²) >= 11 is 3.31. The number of aryl methyl sites for hydroxylation is 1. The fourth-order valence-corrected chi connectivity index (χ4v) is 2.09. The van der Waals surface area contributed by atoms with Gasteiger partial charge in [0.1, 0.15) is 4.60 Å². The highest BCUT2D eigenvalue weighted by molar-refractivity contribution is 9.10. The number of amides is 2. The van der Waals surface area contributed by atoms with Crippen LogP contribution in [0.2, 0.25) is 0 Å². The third-order valence-corrected chi connectivity index (χ3v) is 3.94. The maximum Gasteiger partial charge on any atom is 0.251 e. The van der Waals surface area contributed by atoms with Crippen molar-refractivity contribution in [3.63, 3.8) is 0 Å². The Kier molecular flexibility index (Phi) is 5.65. The van der Waals surface area contributed by atoms with E-state index in [2.05, 4.69) is 31.5 Å². The van der Waals surface area contributed by atoms with E-state index in [4.69, 9.17) is 0 Å². The molecule has 0 saturated heterocycles. The number of carbonyl (C=O) groups is 2. The Labute approximate surface area is 142 Å². The standard InChI is InChI=1S/C17H16BrN3O2/c1-11-9-14(10-20-16(11)18)21-15(22)8-5-12-3-6-13(7-4-12)17(23)19-2/h3-10H,1-2H3,(H,19,23)(H,21,22). The van der Waals surface area contributed by atoms with E-state index in [1.54, 1.807) is 43.6 Å². The SMILES string of the molecule is CNC(=O)c1ccc(C=CC(=O)Nc2cnc(Br)c(C)c2)cc1. The van der Waals surface area contributed by atoms with Gasteiger partial charge in [0.25, 0.3) is 5.91 Å². The minimum atomic E-state index is -0.246. The zero-order chi connectivity index (χ0) is 16.8. The van der Waals surface area contributed by atoms with Crippen LogP contribution in [0, 0.1) is 6.92 Å². The average Bonchev–Trinajstić information content (AvgIpc) is 2.56. The minimum Gasteiger partial charge on any atom is -0.355 e. The van der Waals surface area contributed by atoms with Gasteiger partial charge in [0.05, 0.1) is 11.9 Å². The van der Waals surface area contributed by atoms with Gasteiger partial charge in [-0.25, -0.2) is 4.98 Å². The molecule has 2 rings (SSSR count). The number of aromatic nitrogens is 1. The molecule has 5 nitrogen and oxygen atoms in total. The highest BCUT2D eigenvalue weighted by atomic mass is 79.9. The van der Waals surface area contributed by atoms with Crippen molar-refractivity contribution in [2.45, 2.75) is 6.92 Å². The molecule has 0 aliphatic rings. The van der Waals surface area contributed by atoms with Crippen LogP contribution in [0.3, 0.4) is 0 Å². The van der Waals surface area contributed by atoms with Gasteiger partial charge in [0.15, 0.2) is 0 Å². The molecular formula is C17H16BrN3O2. The first-order valence-corrected chi connectivity index (χ1v) is 7.72. The summed E-state index contributed by atoms with van der Waals surface area (Å²) in [5.74, 6) is -0.389. The molecule has 0 unspecified atom stereocenters. The zero-order valence-corrected chi connectivity index (χ0v) is 14.3. The lowest BCUT2D eigenvalue weighted by molar-refractivity contribution is -0.111. The van der Waals surface area contributed by atoms with Crippen LogP contribution in [0.5, 0.6) is 0 Å². The van der Waals surface area contributed by atoms with Gasteiger partial charge in [-0.05, 0) is 58.3 Å². The Bertz CT molecular complexity index is 755. The van der Waals surface area contributed by atoms with Crippen LogP contribution >= 0.6 is 15.9 Å². The lowest BCUT2D eigenvalue weighted by atomic mass is 10.1. The number of pyridine rings is 1. The van der Waals surface area contributed by atoms with Gasteiger partial charge >= 0.3 is 0 Å². The van der Waals surface area contributed by atoms with Gasteiger partial charge in [-0.15, -0.1) is 0 Å². The molecule has 0 fully saturated rings. The van der Waals surface area contributed by atoms with E-state index in [1.807, 2.05) is 13.0 Å².